The zero-order valence-corrected chi connectivity index (χ0v) is 11.1. The molecule has 1 N–H and O–H groups in total. The molecule has 0 bridgehead atoms. The first kappa shape index (κ1) is 11.8. The minimum atomic E-state index is 0.750. The van der Waals surface area contributed by atoms with E-state index in [1.807, 2.05) is 41.8 Å². The van der Waals surface area contributed by atoms with Gasteiger partial charge in [0.25, 0.3) is 0 Å². The average molecular weight is 256 g/mol. The fourth-order valence-corrected chi connectivity index (χ4v) is 2.17. The lowest BCUT2D eigenvalue weighted by Crippen LogP contribution is -2.06. The van der Waals surface area contributed by atoms with E-state index in [1.54, 1.807) is 0 Å². The van der Waals surface area contributed by atoms with Gasteiger partial charge in [-0.05, 0) is 26.0 Å². The van der Waals surface area contributed by atoms with Crippen molar-refractivity contribution < 1.29 is 4.42 Å². The van der Waals surface area contributed by atoms with Gasteiger partial charge in [-0.25, -0.2) is 0 Å². The molecule has 3 rings (SSSR count). The average Bonchev–Trinajstić information content (AvgIpc) is 3.01. The van der Waals surface area contributed by atoms with Crippen LogP contribution in [0.3, 0.4) is 0 Å². The minimum Gasteiger partial charge on any atom is -0.453 e. The number of para-hydroxylation sites is 1. The van der Waals surface area contributed by atoms with Crippen LogP contribution in [-0.4, -0.2) is 21.3 Å². The number of rotatable bonds is 4. The molecule has 1 aromatic carbocycles. The first-order valence-corrected chi connectivity index (χ1v) is 6.49. The molecular formula is C14H16N4O. The lowest BCUT2D eigenvalue weighted by atomic mass is 10.2. The third-order valence-corrected chi connectivity index (χ3v) is 3.05. The summed E-state index contributed by atoms with van der Waals surface area (Å²) in [6.45, 7) is 5.71. The van der Waals surface area contributed by atoms with Crippen molar-refractivity contribution in [1.29, 1.82) is 0 Å². The lowest BCUT2D eigenvalue weighted by Gasteiger charge is -2.05. The van der Waals surface area contributed by atoms with Crippen molar-refractivity contribution in [2.24, 2.45) is 0 Å². The smallest absolute Gasteiger partial charge is 0.224 e. The number of hydrogen-bond acceptors (Lipinski definition) is 4. The molecule has 5 nitrogen and oxygen atoms in total. The Balaban J connectivity index is 2.10. The molecular weight excluding hydrogens is 240 g/mol. The van der Waals surface area contributed by atoms with Gasteiger partial charge in [0.15, 0.2) is 5.76 Å². The van der Waals surface area contributed by atoms with Crippen LogP contribution in [0.5, 0.6) is 0 Å². The highest BCUT2D eigenvalue weighted by molar-refractivity contribution is 5.81. The quantitative estimate of drug-likeness (QED) is 0.779. The fourth-order valence-electron chi connectivity index (χ4n) is 2.17. The highest BCUT2D eigenvalue weighted by Gasteiger charge is 2.15. The van der Waals surface area contributed by atoms with Crippen LogP contribution >= 0.6 is 0 Å². The van der Waals surface area contributed by atoms with Crippen LogP contribution in [0.25, 0.3) is 22.6 Å². The molecule has 0 fully saturated rings. The van der Waals surface area contributed by atoms with E-state index in [1.165, 1.54) is 0 Å². The standard InChI is InChI=1S/C14H16N4O/c1-3-15-14-17-16-13(18(14)4-2)12-9-10-7-5-6-8-11(10)19-12/h5-9H,3-4H2,1-2H3,(H,15,17). The van der Waals surface area contributed by atoms with Gasteiger partial charge >= 0.3 is 0 Å². The molecule has 0 unspecified atom stereocenters. The van der Waals surface area contributed by atoms with E-state index in [4.69, 9.17) is 4.42 Å². The normalized spacial score (nSPS) is 11.1. The Morgan fingerprint density at radius 2 is 2.05 bits per heavy atom. The van der Waals surface area contributed by atoms with Gasteiger partial charge in [-0.1, -0.05) is 18.2 Å². The van der Waals surface area contributed by atoms with Crippen LogP contribution in [0.1, 0.15) is 13.8 Å². The van der Waals surface area contributed by atoms with E-state index < -0.39 is 0 Å². The summed E-state index contributed by atoms with van der Waals surface area (Å²) < 4.78 is 7.85. The second-order valence-electron chi connectivity index (χ2n) is 4.27. The highest BCUT2D eigenvalue weighted by atomic mass is 16.3. The van der Waals surface area contributed by atoms with Gasteiger partial charge in [0.2, 0.25) is 11.8 Å². The molecule has 0 atom stereocenters. The van der Waals surface area contributed by atoms with Crippen molar-refractivity contribution in [3.63, 3.8) is 0 Å². The number of aromatic nitrogens is 3. The second kappa shape index (κ2) is 4.76. The predicted molar refractivity (Wildman–Crippen MR) is 75.1 cm³/mol. The lowest BCUT2D eigenvalue weighted by molar-refractivity contribution is 0.615. The molecule has 0 aliphatic rings. The van der Waals surface area contributed by atoms with Gasteiger partial charge in [-0.15, -0.1) is 10.2 Å². The first-order valence-electron chi connectivity index (χ1n) is 6.49. The van der Waals surface area contributed by atoms with Crippen molar-refractivity contribution in [2.45, 2.75) is 20.4 Å². The summed E-state index contributed by atoms with van der Waals surface area (Å²) in [5.41, 5.74) is 0.869. The van der Waals surface area contributed by atoms with Crippen molar-refractivity contribution in [3.05, 3.63) is 30.3 Å². The van der Waals surface area contributed by atoms with Crippen molar-refractivity contribution in [1.82, 2.24) is 14.8 Å². The minimum absolute atomic E-state index is 0.750. The highest BCUT2D eigenvalue weighted by Crippen LogP contribution is 2.27. The Hall–Kier alpha value is -2.30. The largest absolute Gasteiger partial charge is 0.453 e. The monoisotopic (exact) mass is 256 g/mol. The summed E-state index contributed by atoms with van der Waals surface area (Å²) in [6, 6.07) is 9.94. The Kier molecular flexibility index (Phi) is 2.95. The molecule has 5 heteroatoms. The molecule has 0 amide bonds. The third-order valence-electron chi connectivity index (χ3n) is 3.05. The molecule has 0 radical (unpaired) electrons. The van der Waals surface area contributed by atoms with Crippen molar-refractivity contribution >= 4 is 16.9 Å². The van der Waals surface area contributed by atoms with Crippen LogP contribution < -0.4 is 5.32 Å². The van der Waals surface area contributed by atoms with E-state index in [9.17, 15) is 0 Å². The Labute approximate surface area is 111 Å². The van der Waals surface area contributed by atoms with Crippen molar-refractivity contribution in [3.8, 4) is 11.6 Å². The molecule has 0 saturated carbocycles. The van der Waals surface area contributed by atoms with Crippen LogP contribution in [0, 0.1) is 0 Å². The summed E-state index contributed by atoms with van der Waals surface area (Å²) in [5, 5.41) is 12.7. The topological polar surface area (TPSA) is 55.9 Å². The molecule has 0 aliphatic heterocycles. The molecule has 0 spiro atoms. The number of hydrogen-bond donors (Lipinski definition) is 1. The van der Waals surface area contributed by atoms with E-state index in [-0.39, 0.29) is 0 Å². The zero-order chi connectivity index (χ0) is 13.2. The van der Waals surface area contributed by atoms with Crippen molar-refractivity contribution in [2.75, 3.05) is 11.9 Å². The SMILES string of the molecule is CCNc1nnc(-c2cc3ccccc3o2)n1CC. The number of benzene rings is 1. The van der Waals surface area contributed by atoms with Crippen LogP contribution in [0.4, 0.5) is 5.95 Å². The van der Waals surface area contributed by atoms with E-state index in [0.29, 0.717) is 0 Å². The maximum absolute atomic E-state index is 5.84. The molecule has 0 saturated heterocycles. The van der Waals surface area contributed by atoms with Crippen LogP contribution in [0.2, 0.25) is 0 Å². The zero-order valence-electron chi connectivity index (χ0n) is 11.1. The summed E-state index contributed by atoms with van der Waals surface area (Å²) >= 11 is 0. The second-order valence-corrected chi connectivity index (χ2v) is 4.27. The maximum Gasteiger partial charge on any atom is 0.224 e. The summed E-state index contributed by atoms with van der Waals surface area (Å²) in [5.74, 6) is 2.29. The van der Waals surface area contributed by atoms with Gasteiger partial charge in [0.1, 0.15) is 5.58 Å². The number of anilines is 1. The molecule has 0 aliphatic carbocycles. The van der Waals surface area contributed by atoms with Gasteiger partial charge < -0.3 is 9.73 Å². The third kappa shape index (κ3) is 1.97. The van der Waals surface area contributed by atoms with E-state index >= 15 is 0 Å². The number of nitrogens with zero attached hydrogens (tertiary/aromatic N) is 3. The number of furan rings is 1. The molecule has 2 heterocycles. The van der Waals surface area contributed by atoms with Crippen LogP contribution in [0.15, 0.2) is 34.7 Å². The Bertz CT molecular complexity index is 665. The fraction of sp³-hybridized carbons (Fsp3) is 0.286. The number of fused-ring (bicyclic) bond motifs is 1. The summed E-state index contributed by atoms with van der Waals surface area (Å²) in [7, 11) is 0. The Morgan fingerprint density at radius 3 is 2.79 bits per heavy atom. The molecule has 2 aromatic heterocycles. The van der Waals surface area contributed by atoms with Crippen LogP contribution in [-0.2, 0) is 6.54 Å². The molecule has 3 aromatic rings. The molecule has 98 valence electrons. The van der Waals surface area contributed by atoms with Gasteiger partial charge in [-0.2, -0.15) is 0 Å². The molecule has 19 heavy (non-hydrogen) atoms. The number of nitrogens with one attached hydrogen (secondary N) is 1. The summed E-state index contributed by atoms with van der Waals surface area (Å²) in [4.78, 5) is 0. The first-order chi connectivity index (χ1) is 9.33. The predicted octanol–water partition coefficient (Wildman–Crippen LogP) is 3.14. The van der Waals surface area contributed by atoms with E-state index in [0.717, 1.165) is 41.6 Å². The van der Waals surface area contributed by atoms with Gasteiger partial charge in [-0.3, -0.25) is 4.57 Å². The van der Waals surface area contributed by atoms with Gasteiger partial charge in [0.05, 0.1) is 0 Å². The maximum atomic E-state index is 5.84. The van der Waals surface area contributed by atoms with Gasteiger partial charge in [0, 0.05) is 18.5 Å². The van der Waals surface area contributed by atoms with E-state index in [2.05, 4.69) is 22.4 Å². The Morgan fingerprint density at radius 1 is 1.21 bits per heavy atom. The summed E-state index contributed by atoms with van der Waals surface area (Å²) in [6.07, 6.45) is 0.